The zero-order valence-electron chi connectivity index (χ0n) is 8.27. The summed E-state index contributed by atoms with van der Waals surface area (Å²) in [6.07, 6.45) is 1.84. The largest absolute Gasteiger partial charge is 0.376 e. The van der Waals surface area contributed by atoms with Crippen molar-refractivity contribution in [1.82, 2.24) is 4.98 Å². The summed E-state index contributed by atoms with van der Waals surface area (Å²) in [6.45, 7) is 2.11. The number of para-hydroxylation sites is 1. The second kappa shape index (κ2) is 4.77. The lowest BCUT2D eigenvalue weighted by atomic mass is 10.3. The third-order valence-electron chi connectivity index (χ3n) is 2.02. The fourth-order valence-corrected chi connectivity index (χ4v) is 2.56. The summed E-state index contributed by atoms with van der Waals surface area (Å²) >= 11 is 5.07. The van der Waals surface area contributed by atoms with E-state index < -0.39 is 0 Å². The Hall–Kier alpha value is -0.870. The van der Waals surface area contributed by atoms with E-state index in [1.165, 1.54) is 0 Å². The summed E-state index contributed by atoms with van der Waals surface area (Å²) < 4.78 is 1.07. The highest BCUT2D eigenvalue weighted by molar-refractivity contribution is 9.11. The molecule has 0 spiro atoms. The van der Waals surface area contributed by atoms with Gasteiger partial charge in [-0.3, -0.25) is 0 Å². The van der Waals surface area contributed by atoms with E-state index in [9.17, 15) is 0 Å². The van der Waals surface area contributed by atoms with Crippen LogP contribution in [0.2, 0.25) is 0 Å². The lowest BCUT2D eigenvalue weighted by Gasteiger charge is -2.12. The highest BCUT2D eigenvalue weighted by Crippen LogP contribution is 2.26. The van der Waals surface area contributed by atoms with Crippen LogP contribution < -0.4 is 5.32 Å². The van der Waals surface area contributed by atoms with E-state index in [2.05, 4.69) is 45.3 Å². The van der Waals surface area contributed by atoms with Gasteiger partial charge in [0.2, 0.25) is 0 Å². The minimum absolute atomic E-state index is 0.240. The van der Waals surface area contributed by atoms with Crippen molar-refractivity contribution in [2.45, 2.75) is 13.0 Å². The number of rotatable bonds is 3. The second-order valence-corrected chi connectivity index (χ2v) is 5.68. The van der Waals surface area contributed by atoms with Crippen LogP contribution in [0.15, 0.2) is 40.3 Å². The van der Waals surface area contributed by atoms with Gasteiger partial charge in [0.05, 0.1) is 16.0 Å². The molecule has 4 heteroatoms. The number of aromatic nitrogens is 1. The van der Waals surface area contributed by atoms with Gasteiger partial charge >= 0.3 is 0 Å². The van der Waals surface area contributed by atoms with Gasteiger partial charge in [-0.2, -0.15) is 0 Å². The van der Waals surface area contributed by atoms with Crippen molar-refractivity contribution in [2.24, 2.45) is 0 Å². The van der Waals surface area contributed by atoms with Crippen LogP contribution in [0.25, 0.3) is 0 Å². The monoisotopic (exact) mass is 282 g/mol. The Balaban J connectivity index is 2.07. The molecule has 0 aliphatic rings. The molecular formula is C11H11BrN2S. The van der Waals surface area contributed by atoms with Crippen LogP contribution in [-0.2, 0) is 0 Å². The lowest BCUT2D eigenvalue weighted by Crippen LogP contribution is -2.05. The number of nitrogens with zero attached hydrogens (tertiary/aromatic N) is 1. The molecule has 0 aliphatic carbocycles. The van der Waals surface area contributed by atoms with Gasteiger partial charge in [0, 0.05) is 5.69 Å². The fourth-order valence-electron chi connectivity index (χ4n) is 1.31. The smallest absolute Gasteiger partial charge is 0.116 e. The molecule has 1 unspecified atom stereocenters. The van der Waals surface area contributed by atoms with Crippen LogP contribution in [-0.4, -0.2) is 4.98 Å². The summed E-state index contributed by atoms with van der Waals surface area (Å²) in [5.74, 6) is 0. The molecule has 1 atom stereocenters. The van der Waals surface area contributed by atoms with Crippen LogP contribution in [0.1, 0.15) is 18.0 Å². The Morgan fingerprint density at radius 1 is 1.33 bits per heavy atom. The van der Waals surface area contributed by atoms with Gasteiger partial charge in [-0.25, -0.2) is 4.98 Å². The maximum Gasteiger partial charge on any atom is 0.116 e. The quantitative estimate of drug-likeness (QED) is 0.918. The summed E-state index contributed by atoms with van der Waals surface area (Å²) in [5.41, 5.74) is 1.12. The van der Waals surface area contributed by atoms with Crippen LogP contribution in [0, 0.1) is 0 Å². The molecule has 1 aromatic heterocycles. The van der Waals surface area contributed by atoms with Crippen molar-refractivity contribution in [3.05, 3.63) is 45.3 Å². The summed E-state index contributed by atoms with van der Waals surface area (Å²) in [5, 5.41) is 4.49. The van der Waals surface area contributed by atoms with Gasteiger partial charge in [-0.05, 0) is 35.0 Å². The van der Waals surface area contributed by atoms with E-state index in [-0.39, 0.29) is 6.04 Å². The Labute approximate surface area is 101 Å². The Kier molecular flexibility index (Phi) is 3.38. The molecule has 1 heterocycles. The Morgan fingerprint density at radius 3 is 2.67 bits per heavy atom. The van der Waals surface area contributed by atoms with E-state index >= 15 is 0 Å². The predicted molar refractivity (Wildman–Crippen MR) is 68.3 cm³/mol. The molecule has 0 radical (unpaired) electrons. The van der Waals surface area contributed by atoms with Gasteiger partial charge in [0.15, 0.2) is 0 Å². The first-order valence-electron chi connectivity index (χ1n) is 4.68. The molecule has 2 nitrogen and oxygen atoms in total. The molecule has 2 rings (SSSR count). The number of anilines is 1. The lowest BCUT2D eigenvalue weighted by molar-refractivity contribution is 0.870. The number of hydrogen-bond acceptors (Lipinski definition) is 3. The van der Waals surface area contributed by atoms with Gasteiger partial charge in [0.1, 0.15) is 5.01 Å². The van der Waals surface area contributed by atoms with Crippen LogP contribution in [0.3, 0.4) is 0 Å². The second-order valence-electron chi connectivity index (χ2n) is 3.23. The first-order chi connectivity index (χ1) is 7.25. The van der Waals surface area contributed by atoms with Crippen molar-refractivity contribution in [1.29, 1.82) is 0 Å². The van der Waals surface area contributed by atoms with Crippen LogP contribution in [0.5, 0.6) is 0 Å². The topological polar surface area (TPSA) is 24.9 Å². The van der Waals surface area contributed by atoms with E-state index in [0.717, 1.165) is 14.5 Å². The average molecular weight is 283 g/mol. The molecule has 0 saturated carbocycles. The summed E-state index contributed by atoms with van der Waals surface area (Å²) in [4.78, 5) is 4.32. The first-order valence-corrected chi connectivity index (χ1v) is 6.29. The van der Waals surface area contributed by atoms with E-state index in [0.29, 0.717) is 0 Å². The third kappa shape index (κ3) is 2.79. The number of hydrogen-bond donors (Lipinski definition) is 1. The molecule has 78 valence electrons. The SMILES string of the molecule is CC(Nc1ccccc1)c1ncc(Br)s1. The van der Waals surface area contributed by atoms with E-state index in [1.54, 1.807) is 11.3 Å². The molecule has 0 saturated heterocycles. The maximum absolute atomic E-state index is 4.32. The van der Waals surface area contributed by atoms with Crippen LogP contribution in [0.4, 0.5) is 5.69 Å². The molecule has 0 aliphatic heterocycles. The summed E-state index contributed by atoms with van der Waals surface area (Å²) in [6, 6.07) is 10.4. The number of benzene rings is 1. The van der Waals surface area contributed by atoms with Crippen molar-refractivity contribution in [3.8, 4) is 0 Å². The highest BCUT2D eigenvalue weighted by Gasteiger charge is 2.08. The van der Waals surface area contributed by atoms with E-state index in [1.807, 2.05) is 24.4 Å². The minimum atomic E-state index is 0.240. The predicted octanol–water partition coefficient (Wildman–Crippen LogP) is 4.08. The molecule has 1 N–H and O–H groups in total. The zero-order valence-corrected chi connectivity index (χ0v) is 10.7. The molecular weight excluding hydrogens is 272 g/mol. The zero-order chi connectivity index (χ0) is 10.7. The molecule has 2 aromatic rings. The first kappa shape index (κ1) is 10.6. The molecule has 0 bridgehead atoms. The number of nitrogens with one attached hydrogen (secondary N) is 1. The van der Waals surface area contributed by atoms with Gasteiger partial charge in [-0.15, -0.1) is 11.3 Å². The van der Waals surface area contributed by atoms with E-state index in [4.69, 9.17) is 0 Å². The van der Waals surface area contributed by atoms with Gasteiger partial charge in [0.25, 0.3) is 0 Å². The maximum atomic E-state index is 4.32. The average Bonchev–Trinajstić information content (AvgIpc) is 2.66. The highest BCUT2D eigenvalue weighted by atomic mass is 79.9. The Morgan fingerprint density at radius 2 is 2.07 bits per heavy atom. The minimum Gasteiger partial charge on any atom is -0.376 e. The summed E-state index contributed by atoms with van der Waals surface area (Å²) in [7, 11) is 0. The molecule has 15 heavy (non-hydrogen) atoms. The molecule has 0 amide bonds. The normalized spacial score (nSPS) is 12.4. The van der Waals surface area contributed by atoms with Gasteiger partial charge < -0.3 is 5.32 Å². The Bertz CT molecular complexity index is 427. The van der Waals surface area contributed by atoms with Crippen molar-refractivity contribution >= 4 is 33.0 Å². The fraction of sp³-hybridized carbons (Fsp3) is 0.182. The van der Waals surface area contributed by atoms with Gasteiger partial charge in [-0.1, -0.05) is 18.2 Å². The van der Waals surface area contributed by atoms with Crippen molar-refractivity contribution in [2.75, 3.05) is 5.32 Å². The van der Waals surface area contributed by atoms with Crippen molar-refractivity contribution in [3.63, 3.8) is 0 Å². The van der Waals surface area contributed by atoms with Crippen molar-refractivity contribution < 1.29 is 0 Å². The standard InChI is InChI=1S/C11H11BrN2S/c1-8(11-13-7-10(12)15-11)14-9-5-3-2-4-6-9/h2-8,14H,1H3. The molecule has 1 aromatic carbocycles. The number of halogens is 1. The van der Waals surface area contributed by atoms with Crippen LogP contribution >= 0.6 is 27.3 Å². The number of thiazole rings is 1. The third-order valence-corrected chi connectivity index (χ3v) is 3.68. The molecule has 0 fully saturated rings.